The maximum absolute atomic E-state index is 9.47. The van der Waals surface area contributed by atoms with Crippen molar-refractivity contribution in [1.82, 2.24) is 0 Å². The van der Waals surface area contributed by atoms with Crippen LogP contribution in [0, 0.1) is 0 Å². The molecule has 0 fully saturated rings. The minimum atomic E-state index is -0.106. The molecule has 4 nitrogen and oxygen atoms in total. The van der Waals surface area contributed by atoms with Gasteiger partial charge in [-0.25, -0.2) is 0 Å². The van der Waals surface area contributed by atoms with Crippen LogP contribution in [0.4, 0.5) is 5.69 Å². The Hall–Kier alpha value is -2.20. The summed E-state index contributed by atoms with van der Waals surface area (Å²) in [6.45, 7) is 3.78. The maximum atomic E-state index is 9.47. The molecule has 4 heteroatoms. The van der Waals surface area contributed by atoms with Crippen LogP contribution in [0.5, 0.6) is 11.5 Å². The highest BCUT2D eigenvalue weighted by atomic mass is 16.5. The van der Waals surface area contributed by atoms with E-state index >= 15 is 0 Å². The van der Waals surface area contributed by atoms with E-state index in [0.717, 1.165) is 16.8 Å². The summed E-state index contributed by atoms with van der Waals surface area (Å²) in [4.78, 5) is 0. The first kappa shape index (κ1) is 14.2. The van der Waals surface area contributed by atoms with Gasteiger partial charge in [0.1, 0.15) is 0 Å². The quantitative estimate of drug-likeness (QED) is 0.707. The molecule has 0 spiro atoms. The van der Waals surface area contributed by atoms with Gasteiger partial charge in [-0.2, -0.15) is 0 Å². The highest BCUT2D eigenvalue weighted by Crippen LogP contribution is 2.25. The second-order valence-electron chi connectivity index (χ2n) is 4.47. The fraction of sp³-hybridized carbons (Fsp3) is 0.250. The average molecular weight is 273 g/mol. The molecular weight excluding hydrogens is 254 g/mol. The minimum Gasteiger partial charge on any atom is -0.504 e. The van der Waals surface area contributed by atoms with Crippen LogP contribution in [0.1, 0.15) is 18.1 Å². The molecule has 0 atom stereocenters. The van der Waals surface area contributed by atoms with Crippen LogP contribution < -0.4 is 5.32 Å². The number of rotatable bonds is 6. The fourth-order valence-corrected chi connectivity index (χ4v) is 1.91. The van der Waals surface area contributed by atoms with E-state index in [9.17, 15) is 10.2 Å². The monoisotopic (exact) mass is 273 g/mol. The third-order valence-electron chi connectivity index (χ3n) is 3.00. The maximum Gasteiger partial charge on any atom is 0.157 e. The van der Waals surface area contributed by atoms with Gasteiger partial charge >= 0.3 is 0 Å². The molecule has 0 bridgehead atoms. The van der Waals surface area contributed by atoms with Crippen LogP contribution in [0.25, 0.3) is 0 Å². The zero-order valence-electron chi connectivity index (χ0n) is 11.5. The largest absolute Gasteiger partial charge is 0.504 e. The van der Waals surface area contributed by atoms with Crippen LogP contribution >= 0.6 is 0 Å². The Morgan fingerprint density at radius 3 is 2.60 bits per heavy atom. The summed E-state index contributed by atoms with van der Waals surface area (Å²) in [7, 11) is 0. The molecule has 0 aliphatic heterocycles. The second-order valence-corrected chi connectivity index (χ2v) is 4.47. The molecule has 2 aromatic carbocycles. The summed E-state index contributed by atoms with van der Waals surface area (Å²) in [6.07, 6.45) is 0. The molecule has 0 aromatic heterocycles. The Bertz CT molecular complexity index is 569. The van der Waals surface area contributed by atoms with Gasteiger partial charge in [0.25, 0.3) is 0 Å². The summed E-state index contributed by atoms with van der Waals surface area (Å²) in [5, 5.41) is 22.1. The molecule has 106 valence electrons. The number of aromatic hydroxyl groups is 2. The normalized spacial score (nSPS) is 10.4. The number of para-hydroxylation sites is 1. The van der Waals surface area contributed by atoms with E-state index in [2.05, 4.69) is 5.32 Å². The lowest BCUT2D eigenvalue weighted by molar-refractivity contribution is 0.134. The van der Waals surface area contributed by atoms with E-state index in [1.165, 1.54) is 6.07 Å². The topological polar surface area (TPSA) is 61.7 Å². The van der Waals surface area contributed by atoms with Crippen molar-refractivity contribution in [2.75, 3.05) is 11.9 Å². The standard InChI is InChI=1S/C16H19NO3/c1-2-20-11-13-5-3-4-6-14(13)17-10-12-7-8-15(18)16(19)9-12/h3-9,17-19H,2,10-11H2,1H3. The van der Waals surface area contributed by atoms with E-state index in [1.54, 1.807) is 12.1 Å². The van der Waals surface area contributed by atoms with E-state index < -0.39 is 0 Å². The number of benzene rings is 2. The minimum absolute atomic E-state index is 0.105. The number of phenolic OH excluding ortho intramolecular Hbond substituents is 2. The van der Waals surface area contributed by atoms with E-state index in [4.69, 9.17) is 4.74 Å². The number of hydrogen-bond donors (Lipinski definition) is 3. The Kier molecular flexibility index (Phi) is 4.85. The zero-order chi connectivity index (χ0) is 14.4. The van der Waals surface area contributed by atoms with Crippen molar-refractivity contribution in [3.05, 3.63) is 53.6 Å². The average Bonchev–Trinajstić information content (AvgIpc) is 2.47. The molecule has 0 aliphatic carbocycles. The summed E-state index contributed by atoms with van der Waals surface area (Å²) in [5.41, 5.74) is 3.00. The molecule has 0 radical (unpaired) electrons. The first-order valence-electron chi connectivity index (χ1n) is 6.61. The first-order valence-corrected chi connectivity index (χ1v) is 6.61. The van der Waals surface area contributed by atoms with E-state index in [1.807, 2.05) is 31.2 Å². The zero-order valence-corrected chi connectivity index (χ0v) is 11.5. The number of ether oxygens (including phenoxy) is 1. The summed E-state index contributed by atoms with van der Waals surface area (Å²) < 4.78 is 5.43. The Morgan fingerprint density at radius 1 is 1.05 bits per heavy atom. The van der Waals surface area contributed by atoms with Crippen molar-refractivity contribution in [1.29, 1.82) is 0 Å². The smallest absolute Gasteiger partial charge is 0.157 e. The van der Waals surface area contributed by atoms with Gasteiger partial charge in [0.05, 0.1) is 6.61 Å². The lowest BCUT2D eigenvalue weighted by Gasteiger charge is -2.12. The molecule has 0 aliphatic rings. The van der Waals surface area contributed by atoms with Gasteiger partial charge in [-0.1, -0.05) is 24.3 Å². The van der Waals surface area contributed by atoms with Gasteiger partial charge in [-0.3, -0.25) is 0 Å². The first-order chi connectivity index (χ1) is 9.70. The predicted molar refractivity (Wildman–Crippen MR) is 78.9 cm³/mol. The number of nitrogens with one attached hydrogen (secondary N) is 1. The predicted octanol–water partition coefficient (Wildman–Crippen LogP) is 3.25. The van der Waals surface area contributed by atoms with Gasteiger partial charge in [-0.15, -0.1) is 0 Å². The van der Waals surface area contributed by atoms with Crippen molar-refractivity contribution in [2.24, 2.45) is 0 Å². The second kappa shape index (κ2) is 6.82. The van der Waals surface area contributed by atoms with Crippen LogP contribution in [-0.2, 0) is 17.9 Å². The molecule has 3 N–H and O–H groups in total. The molecule has 0 saturated carbocycles. The van der Waals surface area contributed by atoms with Crippen molar-refractivity contribution in [3.63, 3.8) is 0 Å². The van der Waals surface area contributed by atoms with Crippen molar-refractivity contribution >= 4 is 5.69 Å². The highest BCUT2D eigenvalue weighted by molar-refractivity contribution is 5.51. The molecule has 0 unspecified atom stereocenters. The van der Waals surface area contributed by atoms with Gasteiger partial charge in [0.15, 0.2) is 11.5 Å². The molecule has 20 heavy (non-hydrogen) atoms. The van der Waals surface area contributed by atoms with E-state index in [-0.39, 0.29) is 11.5 Å². The van der Waals surface area contributed by atoms with Crippen LogP contribution in [0.15, 0.2) is 42.5 Å². The molecule has 2 aromatic rings. The molecule has 2 rings (SSSR count). The Balaban J connectivity index is 2.04. The van der Waals surface area contributed by atoms with Gasteiger partial charge in [-0.05, 0) is 30.7 Å². The molecule has 0 amide bonds. The third kappa shape index (κ3) is 3.65. The summed E-state index contributed by atoms with van der Waals surface area (Å²) in [5.74, 6) is -0.211. The summed E-state index contributed by atoms with van der Waals surface area (Å²) in [6, 6.07) is 12.8. The highest BCUT2D eigenvalue weighted by Gasteiger charge is 2.03. The van der Waals surface area contributed by atoms with E-state index in [0.29, 0.717) is 19.8 Å². The fourth-order valence-electron chi connectivity index (χ4n) is 1.91. The molecule has 0 heterocycles. The van der Waals surface area contributed by atoms with Crippen LogP contribution in [-0.4, -0.2) is 16.8 Å². The lowest BCUT2D eigenvalue weighted by Crippen LogP contribution is -2.03. The Labute approximate surface area is 118 Å². The number of anilines is 1. The Morgan fingerprint density at radius 2 is 1.85 bits per heavy atom. The number of phenols is 2. The number of hydrogen-bond acceptors (Lipinski definition) is 4. The van der Waals surface area contributed by atoms with Gasteiger partial charge in [0, 0.05) is 24.4 Å². The van der Waals surface area contributed by atoms with Crippen LogP contribution in [0.2, 0.25) is 0 Å². The SMILES string of the molecule is CCOCc1ccccc1NCc1ccc(O)c(O)c1. The third-order valence-corrected chi connectivity index (χ3v) is 3.00. The lowest BCUT2D eigenvalue weighted by atomic mass is 10.1. The van der Waals surface area contributed by atoms with Gasteiger partial charge in [0.2, 0.25) is 0 Å². The van der Waals surface area contributed by atoms with Crippen LogP contribution in [0.3, 0.4) is 0 Å². The summed E-state index contributed by atoms with van der Waals surface area (Å²) >= 11 is 0. The van der Waals surface area contributed by atoms with Crippen molar-refractivity contribution < 1.29 is 14.9 Å². The van der Waals surface area contributed by atoms with Crippen molar-refractivity contribution in [3.8, 4) is 11.5 Å². The molecule has 0 saturated heterocycles. The van der Waals surface area contributed by atoms with Crippen molar-refractivity contribution in [2.45, 2.75) is 20.1 Å². The molecular formula is C16H19NO3. The van der Waals surface area contributed by atoms with Gasteiger partial charge < -0.3 is 20.3 Å².